The summed E-state index contributed by atoms with van der Waals surface area (Å²) in [6.07, 6.45) is 1.24. The summed E-state index contributed by atoms with van der Waals surface area (Å²) in [4.78, 5) is 10.7. The third-order valence-corrected chi connectivity index (χ3v) is 2.90. The van der Waals surface area contributed by atoms with Gasteiger partial charge in [0.25, 0.3) is 0 Å². The second-order valence-electron chi connectivity index (χ2n) is 3.96. The monoisotopic (exact) mass is 205 g/mol. The Morgan fingerprint density at radius 3 is 2.93 bits per heavy atom. The van der Waals surface area contributed by atoms with E-state index in [1.807, 2.05) is 18.2 Å². The van der Waals surface area contributed by atoms with Gasteiger partial charge in [-0.05, 0) is 30.0 Å². The van der Waals surface area contributed by atoms with Crippen LogP contribution in [-0.2, 0) is 11.2 Å². The van der Waals surface area contributed by atoms with Crippen LogP contribution in [0.3, 0.4) is 0 Å². The Bertz CT molecular complexity index is 356. The van der Waals surface area contributed by atoms with Gasteiger partial charge < -0.3 is 10.4 Å². The molecule has 0 saturated carbocycles. The zero-order valence-corrected chi connectivity index (χ0v) is 8.57. The zero-order valence-electron chi connectivity index (χ0n) is 8.57. The average molecular weight is 205 g/mol. The second-order valence-corrected chi connectivity index (χ2v) is 3.96. The van der Waals surface area contributed by atoms with Gasteiger partial charge in [-0.15, -0.1) is 0 Å². The number of carboxylic acid groups (broad SMARTS) is 1. The number of carboxylic acids is 1. The topological polar surface area (TPSA) is 49.3 Å². The van der Waals surface area contributed by atoms with Crippen molar-refractivity contribution in [2.75, 3.05) is 13.1 Å². The van der Waals surface area contributed by atoms with E-state index < -0.39 is 5.97 Å². The highest BCUT2D eigenvalue weighted by molar-refractivity contribution is 5.70. The highest BCUT2D eigenvalue weighted by Crippen LogP contribution is 2.25. The van der Waals surface area contributed by atoms with Crippen LogP contribution in [0, 0.1) is 0 Å². The van der Waals surface area contributed by atoms with Crippen molar-refractivity contribution in [1.29, 1.82) is 0 Å². The molecule has 0 aliphatic carbocycles. The first kappa shape index (κ1) is 10.2. The highest BCUT2D eigenvalue weighted by atomic mass is 16.4. The lowest BCUT2D eigenvalue weighted by Gasteiger charge is -2.13. The quantitative estimate of drug-likeness (QED) is 0.784. The second kappa shape index (κ2) is 4.45. The van der Waals surface area contributed by atoms with Gasteiger partial charge in [-0.3, -0.25) is 4.79 Å². The number of rotatable bonds is 3. The number of nitrogens with one attached hydrogen (secondary N) is 1. The number of carbonyl (C=O) groups is 1. The minimum atomic E-state index is -0.756. The van der Waals surface area contributed by atoms with Crippen molar-refractivity contribution in [3.63, 3.8) is 0 Å². The van der Waals surface area contributed by atoms with Crippen molar-refractivity contribution in [1.82, 2.24) is 5.32 Å². The van der Waals surface area contributed by atoms with E-state index in [1.54, 1.807) is 0 Å². The molecular weight excluding hydrogens is 190 g/mol. The highest BCUT2D eigenvalue weighted by Gasteiger charge is 2.19. The zero-order chi connectivity index (χ0) is 10.7. The van der Waals surface area contributed by atoms with E-state index in [0.717, 1.165) is 25.1 Å². The van der Waals surface area contributed by atoms with E-state index in [-0.39, 0.29) is 6.42 Å². The normalized spacial score (nSPS) is 20.4. The molecule has 1 heterocycles. The van der Waals surface area contributed by atoms with Crippen LogP contribution in [-0.4, -0.2) is 24.2 Å². The maximum atomic E-state index is 10.7. The summed E-state index contributed by atoms with van der Waals surface area (Å²) >= 11 is 0. The van der Waals surface area contributed by atoms with Gasteiger partial charge in [0, 0.05) is 6.54 Å². The van der Waals surface area contributed by atoms with Crippen LogP contribution >= 0.6 is 0 Å². The number of hydrogen-bond acceptors (Lipinski definition) is 2. The predicted molar refractivity (Wildman–Crippen MR) is 58.0 cm³/mol. The van der Waals surface area contributed by atoms with Crippen molar-refractivity contribution in [2.24, 2.45) is 0 Å². The van der Waals surface area contributed by atoms with Gasteiger partial charge in [-0.1, -0.05) is 24.3 Å². The van der Waals surface area contributed by atoms with E-state index in [4.69, 9.17) is 5.11 Å². The fourth-order valence-corrected chi connectivity index (χ4v) is 2.18. The van der Waals surface area contributed by atoms with Crippen molar-refractivity contribution >= 4 is 5.97 Å². The minimum Gasteiger partial charge on any atom is -0.481 e. The van der Waals surface area contributed by atoms with Gasteiger partial charge in [0.15, 0.2) is 0 Å². The molecule has 0 aromatic heterocycles. The van der Waals surface area contributed by atoms with Crippen LogP contribution in [0.2, 0.25) is 0 Å². The Labute approximate surface area is 89.1 Å². The van der Waals surface area contributed by atoms with E-state index in [2.05, 4.69) is 11.4 Å². The molecule has 1 saturated heterocycles. The van der Waals surface area contributed by atoms with E-state index in [9.17, 15) is 4.79 Å². The molecule has 1 aromatic carbocycles. The fourth-order valence-electron chi connectivity index (χ4n) is 2.18. The summed E-state index contributed by atoms with van der Waals surface area (Å²) in [5, 5.41) is 12.1. The van der Waals surface area contributed by atoms with Crippen LogP contribution in [0.25, 0.3) is 0 Å². The number of benzene rings is 1. The molecule has 1 atom stereocenters. The summed E-state index contributed by atoms with van der Waals surface area (Å²) < 4.78 is 0. The van der Waals surface area contributed by atoms with Gasteiger partial charge in [0.2, 0.25) is 0 Å². The fraction of sp³-hybridized carbons (Fsp3) is 0.417. The van der Waals surface area contributed by atoms with E-state index in [0.29, 0.717) is 5.92 Å². The van der Waals surface area contributed by atoms with E-state index in [1.165, 1.54) is 5.56 Å². The molecule has 3 heteroatoms. The maximum Gasteiger partial charge on any atom is 0.307 e. The third kappa shape index (κ3) is 2.36. The first-order chi connectivity index (χ1) is 7.27. The first-order valence-corrected chi connectivity index (χ1v) is 5.27. The Balaban J connectivity index is 2.24. The van der Waals surface area contributed by atoms with Crippen LogP contribution in [0.5, 0.6) is 0 Å². The summed E-state index contributed by atoms with van der Waals surface area (Å²) in [5.41, 5.74) is 2.16. The molecule has 0 amide bonds. The van der Waals surface area contributed by atoms with E-state index >= 15 is 0 Å². The number of hydrogen-bond donors (Lipinski definition) is 2. The summed E-state index contributed by atoms with van der Waals surface area (Å²) in [6, 6.07) is 7.86. The van der Waals surface area contributed by atoms with Crippen LogP contribution in [0.15, 0.2) is 24.3 Å². The molecule has 1 fully saturated rings. The summed E-state index contributed by atoms with van der Waals surface area (Å²) in [7, 11) is 0. The molecule has 1 unspecified atom stereocenters. The lowest BCUT2D eigenvalue weighted by atomic mass is 9.92. The molecule has 1 aromatic rings. The molecule has 1 aliphatic rings. The largest absolute Gasteiger partial charge is 0.481 e. The van der Waals surface area contributed by atoms with Crippen LogP contribution in [0.4, 0.5) is 0 Å². The first-order valence-electron chi connectivity index (χ1n) is 5.27. The molecule has 80 valence electrons. The predicted octanol–water partition coefficient (Wildman–Crippen LogP) is 1.39. The van der Waals surface area contributed by atoms with Crippen LogP contribution < -0.4 is 5.32 Å². The lowest BCUT2D eigenvalue weighted by Crippen LogP contribution is -2.11. The molecule has 2 N–H and O–H groups in total. The standard InChI is InChI=1S/C12H15NO2/c14-12(15)7-9-3-1-2-4-11(9)10-5-6-13-8-10/h1-4,10,13H,5-8H2,(H,14,15). The average Bonchev–Trinajstić information content (AvgIpc) is 2.70. The Morgan fingerprint density at radius 2 is 2.27 bits per heavy atom. The van der Waals surface area contributed by atoms with Crippen molar-refractivity contribution in [2.45, 2.75) is 18.8 Å². The van der Waals surface area contributed by atoms with Crippen molar-refractivity contribution in [3.8, 4) is 0 Å². The SMILES string of the molecule is O=C(O)Cc1ccccc1C1CCNC1. The summed E-state index contributed by atoms with van der Waals surface area (Å²) in [6.45, 7) is 2.00. The van der Waals surface area contributed by atoms with Crippen molar-refractivity contribution in [3.05, 3.63) is 35.4 Å². The Hall–Kier alpha value is -1.35. The molecular formula is C12H15NO2. The molecule has 0 bridgehead atoms. The minimum absolute atomic E-state index is 0.132. The maximum absolute atomic E-state index is 10.7. The van der Waals surface area contributed by atoms with Gasteiger partial charge >= 0.3 is 5.97 Å². The molecule has 0 radical (unpaired) electrons. The summed E-state index contributed by atoms with van der Waals surface area (Å²) in [5.74, 6) is -0.269. The molecule has 0 spiro atoms. The molecule has 2 rings (SSSR count). The van der Waals surface area contributed by atoms with Crippen LogP contribution in [0.1, 0.15) is 23.5 Å². The van der Waals surface area contributed by atoms with Crippen molar-refractivity contribution < 1.29 is 9.90 Å². The molecule has 3 nitrogen and oxygen atoms in total. The van der Waals surface area contributed by atoms with Gasteiger partial charge in [-0.2, -0.15) is 0 Å². The Morgan fingerprint density at radius 1 is 1.47 bits per heavy atom. The molecule has 15 heavy (non-hydrogen) atoms. The smallest absolute Gasteiger partial charge is 0.307 e. The van der Waals surface area contributed by atoms with Gasteiger partial charge in [-0.25, -0.2) is 0 Å². The third-order valence-electron chi connectivity index (χ3n) is 2.90. The Kier molecular flexibility index (Phi) is 3.02. The number of aliphatic carboxylic acids is 1. The molecule has 1 aliphatic heterocycles. The van der Waals surface area contributed by atoms with Gasteiger partial charge in [0.1, 0.15) is 0 Å². The van der Waals surface area contributed by atoms with Gasteiger partial charge in [0.05, 0.1) is 6.42 Å². The lowest BCUT2D eigenvalue weighted by molar-refractivity contribution is -0.136.